The van der Waals surface area contributed by atoms with Crippen molar-refractivity contribution in [2.75, 3.05) is 19.7 Å². The lowest BCUT2D eigenvalue weighted by molar-refractivity contribution is 0.107. The first-order valence-electron chi connectivity index (χ1n) is 8.02. The summed E-state index contributed by atoms with van der Waals surface area (Å²) >= 11 is 0. The topological polar surface area (TPSA) is 62.4 Å². The Morgan fingerprint density at radius 3 is 2.91 bits per heavy atom. The molecule has 1 aromatic carbocycles. The van der Waals surface area contributed by atoms with Gasteiger partial charge in [-0.25, -0.2) is 0 Å². The van der Waals surface area contributed by atoms with Crippen LogP contribution in [0.5, 0.6) is 0 Å². The summed E-state index contributed by atoms with van der Waals surface area (Å²) in [6.45, 7) is 2.91. The summed E-state index contributed by atoms with van der Waals surface area (Å²) < 4.78 is 5.36. The molecular formula is C17H23N3O2. The molecule has 5 nitrogen and oxygen atoms in total. The maximum absolute atomic E-state index is 9.28. The standard InChI is InChI=1S/C17H23N3O2/c21-13-15-7-4-10-20(11-15)12-17-18-16(19-22-17)9-8-14-5-2-1-3-6-14/h1-3,5-6,15,21H,4,7-13H2. The molecular weight excluding hydrogens is 278 g/mol. The third kappa shape index (κ3) is 4.15. The van der Waals surface area contributed by atoms with Gasteiger partial charge in [0.2, 0.25) is 5.89 Å². The Kier molecular flexibility index (Phi) is 5.19. The van der Waals surface area contributed by atoms with Crippen LogP contribution in [0.2, 0.25) is 0 Å². The summed E-state index contributed by atoms with van der Waals surface area (Å²) in [6, 6.07) is 10.3. The lowest BCUT2D eigenvalue weighted by Crippen LogP contribution is -2.36. The minimum atomic E-state index is 0.267. The molecule has 118 valence electrons. The van der Waals surface area contributed by atoms with Gasteiger partial charge in [-0.15, -0.1) is 0 Å². The van der Waals surface area contributed by atoms with Crippen molar-refractivity contribution in [3.05, 3.63) is 47.6 Å². The van der Waals surface area contributed by atoms with Gasteiger partial charge in [0.25, 0.3) is 0 Å². The first-order chi connectivity index (χ1) is 10.8. The van der Waals surface area contributed by atoms with Crippen LogP contribution in [0.1, 0.15) is 30.1 Å². The Morgan fingerprint density at radius 1 is 1.23 bits per heavy atom. The van der Waals surface area contributed by atoms with E-state index in [2.05, 4.69) is 27.2 Å². The van der Waals surface area contributed by atoms with Gasteiger partial charge in [-0.3, -0.25) is 4.90 Å². The second-order valence-corrected chi connectivity index (χ2v) is 6.02. The fourth-order valence-electron chi connectivity index (χ4n) is 2.99. The Balaban J connectivity index is 1.50. The number of nitrogens with zero attached hydrogens (tertiary/aromatic N) is 3. The third-order valence-electron chi connectivity index (χ3n) is 4.21. The van der Waals surface area contributed by atoms with Crippen LogP contribution in [0.25, 0.3) is 0 Å². The zero-order valence-electron chi connectivity index (χ0n) is 12.8. The summed E-state index contributed by atoms with van der Waals surface area (Å²) in [5.41, 5.74) is 1.29. The number of aliphatic hydroxyl groups is 1. The van der Waals surface area contributed by atoms with Crippen LogP contribution in [0, 0.1) is 5.92 Å². The van der Waals surface area contributed by atoms with Gasteiger partial charge in [0.1, 0.15) is 0 Å². The molecule has 0 radical (unpaired) electrons. The Bertz CT molecular complexity index is 570. The van der Waals surface area contributed by atoms with E-state index >= 15 is 0 Å². The van der Waals surface area contributed by atoms with E-state index < -0.39 is 0 Å². The van der Waals surface area contributed by atoms with Crippen molar-refractivity contribution in [3.63, 3.8) is 0 Å². The summed E-state index contributed by atoms with van der Waals surface area (Å²) in [4.78, 5) is 6.78. The zero-order valence-corrected chi connectivity index (χ0v) is 12.8. The van der Waals surface area contributed by atoms with E-state index in [0.717, 1.165) is 44.6 Å². The molecule has 22 heavy (non-hydrogen) atoms. The fourth-order valence-corrected chi connectivity index (χ4v) is 2.99. The minimum Gasteiger partial charge on any atom is -0.396 e. The number of piperidine rings is 1. The molecule has 0 aliphatic carbocycles. The average molecular weight is 301 g/mol. The van der Waals surface area contributed by atoms with Gasteiger partial charge in [0.05, 0.1) is 6.54 Å². The van der Waals surface area contributed by atoms with Crippen LogP contribution in [0.3, 0.4) is 0 Å². The Morgan fingerprint density at radius 2 is 2.09 bits per heavy atom. The predicted molar refractivity (Wildman–Crippen MR) is 83.2 cm³/mol. The number of hydrogen-bond acceptors (Lipinski definition) is 5. The van der Waals surface area contributed by atoms with Gasteiger partial charge < -0.3 is 9.63 Å². The largest absolute Gasteiger partial charge is 0.396 e. The highest BCUT2D eigenvalue weighted by molar-refractivity contribution is 5.15. The summed E-state index contributed by atoms with van der Waals surface area (Å²) in [6.07, 6.45) is 3.96. The number of rotatable bonds is 6. The van der Waals surface area contributed by atoms with E-state index in [1.165, 1.54) is 5.56 Å². The molecule has 1 unspecified atom stereocenters. The summed E-state index contributed by atoms with van der Waals surface area (Å²) in [5.74, 6) is 1.84. The molecule has 1 saturated heterocycles. The number of aliphatic hydroxyl groups excluding tert-OH is 1. The van der Waals surface area contributed by atoms with Crippen molar-refractivity contribution < 1.29 is 9.63 Å². The molecule has 2 heterocycles. The van der Waals surface area contributed by atoms with Crippen molar-refractivity contribution in [2.24, 2.45) is 5.92 Å². The van der Waals surface area contributed by atoms with Crippen LogP contribution in [0.4, 0.5) is 0 Å². The summed E-state index contributed by atoms with van der Waals surface area (Å²) in [7, 11) is 0. The van der Waals surface area contributed by atoms with Crippen LogP contribution in [-0.4, -0.2) is 39.8 Å². The van der Waals surface area contributed by atoms with Crippen molar-refractivity contribution in [2.45, 2.75) is 32.2 Å². The normalized spacial score (nSPS) is 19.4. The molecule has 0 bridgehead atoms. The van der Waals surface area contributed by atoms with E-state index in [-0.39, 0.29) is 6.61 Å². The molecule has 0 amide bonds. The molecule has 1 N–H and O–H groups in total. The van der Waals surface area contributed by atoms with Gasteiger partial charge in [-0.05, 0) is 37.3 Å². The molecule has 0 saturated carbocycles. The van der Waals surface area contributed by atoms with Gasteiger partial charge in [0, 0.05) is 19.6 Å². The van der Waals surface area contributed by atoms with E-state index in [9.17, 15) is 5.11 Å². The molecule has 1 aliphatic heterocycles. The lowest BCUT2D eigenvalue weighted by atomic mass is 9.99. The van der Waals surface area contributed by atoms with Crippen molar-refractivity contribution >= 4 is 0 Å². The number of benzene rings is 1. The van der Waals surface area contributed by atoms with Crippen molar-refractivity contribution in [1.29, 1.82) is 0 Å². The highest BCUT2D eigenvalue weighted by Gasteiger charge is 2.21. The van der Waals surface area contributed by atoms with Gasteiger partial charge in [-0.2, -0.15) is 4.98 Å². The quantitative estimate of drug-likeness (QED) is 0.885. The van der Waals surface area contributed by atoms with Gasteiger partial charge in [0.15, 0.2) is 5.82 Å². The number of aryl methyl sites for hydroxylation is 2. The SMILES string of the molecule is OCC1CCCN(Cc2nc(CCc3ccccc3)no2)C1. The highest BCUT2D eigenvalue weighted by atomic mass is 16.5. The van der Waals surface area contributed by atoms with Crippen molar-refractivity contribution in [3.8, 4) is 0 Å². The molecule has 1 fully saturated rings. The van der Waals surface area contributed by atoms with Crippen LogP contribution < -0.4 is 0 Å². The van der Waals surface area contributed by atoms with Crippen molar-refractivity contribution in [1.82, 2.24) is 15.0 Å². The Labute approximate surface area is 131 Å². The highest BCUT2D eigenvalue weighted by Crippen LogP contribution is 2.17. The number of hydrogen-bond donors (Lipinski definition) is 1. The van der Waals surface area contributed by atoms with Crippen LogP contribution >= 0.6 is 0 Å². The second-order valence-electron chi connectivity index (χ2n) is 6.02. The van der Waals surface area contributed by atoms with E-state index in [4.69, 9.17) is 4.52 Å². The van der Waals surface area contributed by atoms with Crippen LogP contribution in [0.15, 0.2) is 34.9 Å². The molecule has 5 heteroatoms. The molecule has 1 atom stereocenters. The third-order valence-corrected chi connectivity index (χ3v) is 4.21. The molecule has 2 aromatic rings. The number of aromatic nitrogens is 2. The van der Waals surface area contributed by atoms with E-state index in [1.54, 1.807) is 0 Å². The predicted octanol–water partition coefficient (Wildman–Crippen LogP) is 2.06. The molecule has 1 aliphatic rings. The minimum absolute atomic E-state index is 0.267. The number of likely N-dealkylation sites (tertiary alicyclic amines) is 1. The lowest BCUT2D eigenvalue weighted by Gasteiger charge is -2.30. The first kappa shape index (κ1) is 15.2. The zero-order chi connectivity index (χ0) is 15.2. The van der Waals surface area contributed by atoms with Gasteiger partial charge in [-0.1, -0.05) is 35.5 Å². The first-order valence-corrected chi connectivity index (χ1v) is 8.02. The molecule has 1 aromatic heterocycles. The average Bonchev–Trinajstić information content (AvgIpc) is 3.01. The van der Waals surface area contributed by atoms with E-state index in [0.29, 0.717) is 18.4 Å². The fraction of sp³-hybridized carbons (Fsp3) is 0.529. The van der Waals surface area contributed by atoms with Crippen LogP contribution in [-0.2, 0) is 19.4 Å². The molecule has 0 spiro atoms. The molecule has 3 rings (SSSR count). The smallest absolute Gasteiger partial charge is 0.240 e. The Hall–Kier alpha value is -1.72. The monoisotopic (exact) mass is 301 g/mol. The summed E-state index contributed by atoms with van der Waals surface area (Å²) in [5, 5.41) is 13.4. The van der Waals surface area contributed by atoms with E-state index in [1.807, 2.05) is 18.2 Å². The van der Waals surface area contributed by atoms with Gasteiger partial charge >= 0.3 is 0 Å². The second kappa shape index (κ2) is 7.51. The maximum atomic E-state index is 9.28. The maximum Gasteiger partial charge on any atom is 0.240 e.